The Morgan fingerprint density at radius 1 is 1.00 bits per heavy atom. The van der Waals surface area contributed by atoms with Gasteiger partial charge >= 0.3 is 0 Å². The van der Waals surface area contributed by atoms with E-state index >= 15 is 0 Å². The maximum absolute atomic E-state index is 12.1. The molecule has 0 radical (unpaired) electrons. The Morgan fingerprint density at radius 2 is 1.76 bits per heavy atom. The number of aliphatic hydroxyl groups excluding tert-OH is 1. The SMILES string of the molecule is O=c1[nH]c(NC[C@@H](O)c2ccc3ccccc3c2)nc2ccccc12. The Hall–Kier alpha value is -3.18. The lowest BCUT2D eigenvalue weighted by Crippen LogP contribution is -2.17. The third kappa shape index (κ3) is 3.09. The van der Waals surface area contributed by atoms with E-state index in [0.29, 0.717) is 16.9 Å². The summed E-state index contributed by atoms with van der Waals surface area (Å²) in [5, 5.41) is 16.2. The Labute approximate surface area is 144 Å². The number of nitrogens with one attached hydrogen (secondary N) is 2. The summed E-state index contributed by atoms with van der Waals surface area (Å²) < 4.78 is 0. The number of rotatable bonds is 4. The van der Waals surface area contributed by atoms with Crippen molar-refractivity contribution in [3.8, 4) is 0 Å². The fourth-order valence-electron chi connectivity index (χ4n) is 2.90. The quantitative estimate of drug-likeness (QED) is 0.536. The van der Waals surface area contributed by atoms with Crippen LogP contribution < -0.4 is 10.9 Å². The molecule has 0 aliphatic carbocycles. The molecule has 4 aromatic rings. The van der Waals surface area contributed by atoms with Crippen LogP contribution in [-0.2, 0) is 0 Å². The summed E-state index contributed by atoms with van der Waals surface area (Å²) in [6, 6.07) is 21.0. The van der Waals surface area contributed by atoms with E-state index in [0.717, 1.165) is 16.3 Å². The van der Waals surface area contributed by atoms with E-state index in [1.807, 2.05) is 48.5 Å². The molecule has 3 aromatic carbocycles. The average molecular weight is 331 g/mol. The van der Waals surface area contributed by atoms with Crippen LogP contribution in [0.25, 0.3) is 21.7 Å². The number of nitrogens with zero attached hydrogens (tertiary/aromatic N) is 1. The third-order valence-electron chi connectivity index (χ3n) is 4.23. The van der Waals surface area contributed by atoms with Crippen LogP contribution in [0.2, 0.25) is 0 Å². The number of hydrogen-bond donors (Lipinski definition) is 3. The second-order valence-corrected chi connectivity index (χ2v) is 5.93. The summed E-state index contributed by atoms with van der Waals surface area (Å²) in [6.45, 7) is 0.250. The Bertz CT molecular complexity index is 1100. The number of H-pyrrole nitrogens is 1. The molecule has 0 spiro atoms. The Morgan fingerprint density at radius 3 is 2.64 bits per heavy atom. The molecule has 0 saturated carbocycles. The van der Waals surface area contributed by atoms with Gasteiger partial charge in [0.2, 0.25) is 5.95 Å². The van der Waals surface area contributed by atoms with Gasteiger partial charge in [0.1, 0.15) is 0 Å². The van der Waals surface area contributed by atoms with E-state index < -0.39 is 6.10 Å². The molecule has 0 fully saturated rings. The minimum atomic E-state index is -0.707. The number of aromatic nitrogens is 2. The van der Waals surface area contributed by atoms with Crippen LogP contribution in [0, 0.1) is 0 Å². The average Bonchev–Trinajstić information content (AvgIpc) is 2.66. The molecular weight excluding hydrogens is 314 g/mol. The van der Waals surface area contributed by atoms with Crippen LogP contribution in [0.4, 0.5) is 5.95 Å². The molecule has 25 heavy (non-hydrogen) atoms. The summed E-state index contributed by atoms with van der Waals surface area (Å²) in [6.07, 6.45) is -0.707. The first kappa shape index (κ1) is 15.4. The molecule has 3 N–H and O–H groups in total. The molecule has 0 amide bonds. The van der Waals surface area contributed by atoms with Gasteiger partial charge in [-0.15, -0.1) is 0 Å². The van der Waals surface area contributed by atoms with Crippen LogP contribution in [0.3, 0.4) is 0 Å². The fraction of sp³-hybridized carbons (Fsp3) is 0.100. The minimum Gasteiger partial charge on any atom is -0.387 e. The van der Waals surface area contributed by atoms with Crippen LogP contribution in [0.1, 0.15) is 11.7 Å². The molecule has 0 saturated heterocycles. The fourth-order valence-corrected chi connectivity index (χ4v) is 2.90. The van der Waals surface area contributed by atoms with Crippen molar-refractivity contribution in [1.29, 1.82) is 0 Å². The number of hydrogen-bond acceptors (Lipinski definition) is 4. The van der Waals surface area contributed by atoms with Crippen molar-refractivity contribution < 1.29 is 5.11 Å². The zero-order valence-electron chi connectivity index (χ0n) is 13.4. The normalized spacial score (nSPS) is 12.4. The molecule has 5 nitrogen and oxygen atoms in total. The summed E-state index contributed by atoms with van der Waals surface area (Å²) in [5.41, 5.74) is 1.23. The highest BCUT2D eigenvalue weighted by molar-refractivity contribution is 5.83. The van der Waals surface area contributed by atoms with Crippen molar-refractivity contribution in [2.75, 3.05) is 11.9 Å². The van der Waals surface area contributed by atoms with Gasteiger partial charge in [0, 0.05) is 6.54 Å². The van der Waals surface area contributed by atoms with Crippen molar-refractivity contribution in [3.63, 3.8) is 0 Å². The molecule has 0 unspecified atom stereocenters. The zero-order chi connectivity index (χ0) is 17.2. The standard InChI is InChI=1S/C20H17N3O2/c24-18(15-10-9-13-5-1-2-6-14(13)11-15)12-21-20-22-17-8-4-3-7-16(17)19(25)23-20/h1-11,18,24H,12H2,(H2,21,22,23,25)/t18-/m1/s1. The van der Waals surface area contributed by atoms with Crippen molar-refractivity contribution in [1.82, 2.24) is 9.97 Å². The van der Waals surface area contributed by atoms with Gasteiger partial charge in [-0.1, -0.05) is 48.5 Å². The second-order valence-electron chi connectivity index (χ2n) is 5.93. The minimum absolute atomic E-state index is 0.201. The molecule has 1 aromatic heterocycles. The van der Waals surface area contributed by atoms with Crippen LogP contribution in [-0.4, -0.2) is 21.6 Å². The van der Waals surface area contributed by atoms with Gasteiger partial charge in [-0.25, -0.2) is 4.98 Å². The molecule has 0 aliphatic heterocycles. The van der Waals surface area contributed by atoms with Gasteiger partial charge < -0.3 is 10.4 Å². The second kappa shape index (κ2) is 6.37. The summed E-state index contributed by atoms with van der Waals surface area (Å²) in [5.74, 6) is 0.350. The lowest BCUT2D eigenvalue weighted by molar-refractivity contribution is 0.191. The van der Waals surface area contributed by atoms with Crippen molar-refractivity contribution in [2.45, 2.75) is 6.10 Å². The third-order valence-corrected chi connectivity index (χ3v) is 4.23. The predicted octanol–water partition coefficient (Wildman–Crippen LogP) is 3.22. The maximum atomic E-state index is 12.1. The van der Waals surface area contributed by atoms with E-state index in [-0.39, 0.29) is 12.1 Å². The molecule has 0 bridgehead atoms. The summed E-state index contributed by atoms with van der Waals surface area (Å²) in [7, 11) is 0. The van der Waals surface area contributed by atoms with Crippen LogP contribution in [0.15, 0.2) is 71.5 Å². The highest BCUT2D eigenvalue weighted by atomic mass is 16.3. The van der Waals surface area contributed by atoms with Gasteiger partial charge in [-0.2, -0.15) is 0 Å². The van der Waals surface area contributed by atoms with Crippen molar-refractivity contribution in [3.05, 3.63) is 82.6 Å². The van der Waals surface area contributed by atoms with E-state index in [1.54, 1.807) is 18.2 Å². The highest BCUT2D eigenvalue weighted by Crippen LogP contribution is 2.20. The Balaban J connectivity index is 1.54. The van der Waals surface area contributed by atoms with E-state index in [2.05, 4.69) is 15.3 Å². The van der Waals surface area contributed by atoms with Gasteiger partial charge in [-0.3, -0.25) is 9.78 Å². The molecule has 1 atom stereocenters. The van der Waals surface area contributed by atoms with E-state index in [9.17, 15) is 9.90 Å². The number of anilines is 1. The number of benzene rings is 3. The molecule has 5 heteroatoms. The number of fused-ring (bicyclic) bond motifs is 2. The number of para-hydroxylation sites is 1. The molecule has 1 heterocycles. The van der Waals surface area contributed by atoms with Gasteiger partial charge in [0.25, 0.3) is 5.56 Å². The Kier molecular flexibility index (Phi) is 3.91. The highest BCUT2D eigenvalue weighted by Gasteiger charge is 2.09. The number of aromatic amines is 1. The monoisotopic (exact) mass is 331 g/mol. The van der Waals surface area contributed by atoms with Gasteiger partial charge in [-0.05, 0) is 34.5 Å². The smallest absolute Gasteiger partial charge is 0.260 e. The predicted molar refractivity (Wildman–Crippen MR) is 99.8 cm³/mol. The molecule has 4 rings (SSSR count). The molecular formula is C20H17N3O2. The largest absolute Gasteiger partial charge is 0.387 e. The first-order valence-electron chi connectivity index (χ1n) is 8.10. The van der Waals surface area contributed by atoms with Gasteiger partial charge in [0.05, 0.1) is 17.0 Å². The zero-order valence-corrected chi connectivity index (χ0v) is 13.4. The topological polar surface area (TPSA) is 78.0 Å². The summed E-state index contributed by atoms with van der Waals surface area (Å²) in [4.78, 5) is 19.1. The molecule has 0 aliphatic rings. The first-order chi connectivity index (χ1) is 12.2. The number of aliphatic hydroxyl groups is 1. The van der Waals surface area contributed by atoms with Crippen LogP contribution in [0.5, 0.6) is 0 Å². The van der Waals surface area contributed by atoms with Crippen molar-refractivity contribution in [2.24, 2.45) is 0 Å². The van der Waals surface area contributed by atoms with E-state index in [4.69, 9.17) is 0 Å². The van der Waals surface area contributed by atoms with Gasteiger partial charge in [0.15, 0.2) is 0 Å². The van der Waals surface area contributed by atoms with Crippen molar-refractivity contribution >= 4 is 27.6 Å². The molecule has 124 valence electrons. The van der Waals surface area contributed by atoms with E-state index in [1.165, 1.54) is 0 Å². The summed E-state index contributed by atoms with van der Waals surface area (Å²) >= 11 is 0. The maximum Gasteiger partial charge on any atom is 0.260 e. The van der Waals surface area contributed by atoms with Crippen LogP contribution >= 0.6 is 0 Å². The first-order valence-corrected chi connectivity index (χ1v) is 8.10. The lowest BCUT2D eigenvalue weighted by atomic mass is 10.0. The lowest BCUT2D eigenvalue weighted by Gasteiger charge is -2.13.